The van der Waals surface area contributed by atoms with E-state index in [9.17, 15) is 9.59 Å². The molecule has 1 aliphatic carbocycles. The molecule has 1 heterocycles. The monoisotopic (exact) mass is 166 g/mol. The van der Waals surface area contributed by atoms with E-state index in [1.165, 1.54) is 0 Å². The fourth-order valence-electron chi connectivity index (χ4n) is 1.94. The molecule has 1 fully saturated rings. The number of ether oxygens (including phenoxy) is 1. The topological polar surface area (TPSA) is 43.4 Å². The number of carbonyl (C=O) groups excluding carboxylic acids is 2. The lowest BCUT2D eigenvalue weighted by molar-refractivity contribution is -0.153. The van der Waals surface area contributed by atoms with E-state index in [0.717, 1.165) is 0 Å². The molecule has 0 aromatic heterocycles. The maximum atomic E-state index is 11.2. The van der Waals surface area contributed by atoms with E-state index in [1.54, 1.807) is 0 Å². The second kappa shape index (κ2) is 2.44. The number of rotatable bonds is 0. The maximum Gasteiger partial charge on any atom is 0.318 e. The van der Waals surface area contributed by atoms with Crippen LogP contribution >= 0.6 is 0 Å². The van der Waals surface area contributed by atoms with Crippen LogP contribution in [0, 0.1) is 17.8 Å². The van der Waals surface area contributed by atoms with Gasteiger partial charge in [0.15, 0.2) is 0 Å². The minimum atomic E-state index is -0.346. The van der Waals surface area contributed by atoms with E-state index in [2.05, 4.69) is 4.74 Å². The third-order valence-corrected chi connectivity index (χ3v) is 2.61. The summed E-state index contributed by atoms with van der Waals surface area (Å²) in [6.07, 6.45) is 4.58. The van der Waals surface area contributed by atoms with Crippen molar-refractivity contribution in [3.8, 4) is 0 Å². The molecule has 0 bridgehead atoms. The van der Waals surface area contributed by atoms with Crippen LogP contribution in [0.3, 0.4) is 0 Å². The van der Waals surface area contributed by atoms with Crippen molar-refractivity contribution < 1.29 is 14.3 Å². The molecule has 0 amide bonds. The molecule has 3 heteroatoms. The number of hydrogen-bond donors (Lipinski definition) is 0. The third kappa shape index (κ3) is 0.891. The first-order valence-corrected chi connectivity index (χ1v) is 4.12. The zero-order chi connectivity index (χ0) is 8.72. The Morgan fingerprint density at radius 2 is 2.17 bits per heavy atom. The Hall–Kier alpha value is -1.12. The largest absolute Gasteiger partial charge is 0.393 e. The molecule has 0 spiro atoms. The molecular formula is C9H10O3. The number of carbonyl (C=O) groups is 2. The molecule has 2 rings (SSSR count). The number of fused-ring (bicyclic) bond motifs is 1. The van der Waals surface area contributed by atoms with Gasteiger partial charge in [-0.1, -0.05) is 19.1 Å². The van der Waals surface area contributed by atoms with E-state index in [4.69, 9.17) is 0 Å². The summed E-state index contributed by atoms with van der Waals surface area (Å²) in [5.74, 6) is -0.981. The van der Waals surface area contributed by atoms with Crippen molar-refractivity contribution in [2.75, 3.05) is 0 Å². The zero-order valence-electron chi connectivity index (χ0n) is 6.82. The summed E-state index contributed by atoms with van der Waals surface area (Å²) in [6, 6.07) is 0. The van der Waals surface area contributed by atoms with Gasteiger partial charge in [-0.25, -0.2) is 0 Å². The molecule has 0 aromatic rings. The zero-order valence-corrected chi connectivity index (χ0v) is 6.82. The molecule has 0 N–H and O–H groups in total. The molecule has 2 aliphatic rings. The highest BCUT2D eigenvalue weighted by Gasteiger charge is 2.46. The Balaban J connectivity index is 2.32. The summed E-state index contributed by atoms with van der Waals surface area (Å²) in [5.41, 5.74) is 0. The lowest BCUT2D eigenvalue weighted by atomic mass is 9.78. The molecule has 0 aromatic carbocycles. The van der Waals surface area contributed by atoms with Crippen LogP contribution in [0.5, 0.6) is 0 Å². The molecule has 1 aliphatic heterocycles. The van der Waals surface area contributed by atoms with Gasteiger partial charge in [-0.15, -0.1) is 0 Å². The van der Waals surface area contributed by atoms with Crippen molar-refractivity contribution in [3.63, 3.8) is 0 Å². The van der Waals surface area contributed by atoms with Crippen molar-refractivity contribution in [2.24, 2.45) is 17.8 Å². The molecule has 1 saturated heterocycles. The van der Waals surface area contributed by atoms with Crippen molar-refractivity contribution in [2.45, 2.75) is 13.3 Å². The van der Waals surface area contributed by atoms with Crippen LogP contribution in [0.15, 0.2) is 12.2 Å². The Morgan fingerprint density at radius 3 is 2.83 bits per heavy atom. The summed E-state index contributed by atoms with van der Waals surface area (Å²) in [5, 5.41) is 0. The molecule has 0 unspecified atom stereocenters. The van der Waals surface area contributed by atoms with E-state index < -0.39 is 0 Å². The van der Waals surface area contributed by atoms with E-state index in [-0.39, 0.29) is 29.7 Å². The summed E-state index contributed by atoms with van der Waals surface area (Å²) in [7, 11) is 0. The Kier molecular flexibility index (Phi) is 1.53. The highest BCUT2D eigenvalue weighted by atomic mass is 16.6. The Bertz CT molecular complexity index is 267. The smallest absolute Gasteiger partial charge is 0.318 e. The standard InChI is InChI=1S/C9H10O3/c1-5-3-2-4-6-7(5)9(11)12-8(6)10/h2-3,5-7H,4H2,1H3/t5-,6+,7+/m0/s1. The van der Waals surface area contributed by atoms with Crippen LogP contribution < -0.4 is 0 Å². The first-order valence-electron chi connectivity index (χ1n) is 4.12. The van der Waals surface area contributed by atoms with E-state index in [1.807, 2.05) is 19.1 Å². The Labute approximate surface area is 70.4 Å². The van der Waals surface area contributed by atoms with Gasteiger partial charge in [0.25, 0.3) is 0 Å². The van der Waals surface area contributed by atoms with Crippen LogP contribution in [-0.4, -0.2) is 11.9 Å². The number of cyclic esters (lactones) is 2. The Morgan fingerprint density at radius 1 is 1.42 bits per heavy atom. The minimum absolute atomic E-state index is 0.141. The minimum Gasteiger partial charge on any atom is -0.393 e. The fourth-order valence-corrected chi connectivity index (χ4v) is 1.94. The second-order valence-corrected chi connectivity index (χ2v) is 3.40. The van der Waals surface area contributed by atoms with E-state index >= 15 is 0 Å². The third-order valence-electron chi connectivity index (χ3n) is 2.61. The molecule has 12 heavy (non-hydrogen) atoms. The van der Waals surface area contributed by atoms with Gasteiger partial charge in [0, 0.05) is 0 Å². The predicted octanol–water partition coefficient (Wildman–Crippen LogP) is 0.898. The van der Waals surface area contributed by atoms with Gasteiger partial charge in [0.1, 0.15) is 0 Å². The van der Waals surface area contributed by atoms with Gasteiger partial charge in [-0.2, -0.15) is 0 Å². The van der Waals surface area contributed by atoms with Gasteiger partial charge < -0.3 is 4.74 Å². The van der Waals surface area contributed by atoms with Crippen molar-refractivity contribution in [1.82, 2.24) is 0 Å². The predicted molar refractivity (Wildman–Crippen MR) is 41.0 cm³/mol. The van der Waals surface area contributed by atoms with Crippen LogP contribution in [0.4, 0.5) is 0 Å². The first kappa shape index (κ1) is 7.53. The molecule has 64 valence electrons. The fraction of sp³-hybridized carbons (Fsp3) is 0.556. The van der Waals surface area contributed by atoms with Crippen LogP contribution in [0.1, 0.15) is 13.3 Å². The van der Waals surface area contributed by atoms with Crippen LogP contribution in [0.25, 0.3) is 0 Å². The van der Waals surface area contributed by atoms with Gasteiger partial charge in [-0.3, -0.25) is 9.59 Å². The van der Waals surface area contributed by atoms with Crippen molar-refractivity contribution in [3.05, 3.63) is 12.2 Å². The van der Waals surface area contributed by atoms with Gasteiger partial charge in [-0.05, 0) is 12.3 Å². The van der Waals surface area contributed by atoms with E-state index in [0.29, 0.717) is 6.42 Å². The highest BCUT2D eigenvalue weighted by molar-refractivity contribution is 5.97. The van der Waals surface area contributed by atoms with Crippen molar-refractivity contribution >= 4 is 11.9 Å². The van der Waals surface area contributed by atoms with Crippen LogP contribution in [-0.2, 0) is 14.3 Å². The average Bonchev–Trinajstić information content (AvgIpc) is 2.29. The number of hydrogen-bond acceptors (Lipinski definition) is 3. The summed E-state index contributed by atoms with van der Waals surface area (Å²) in [4.78, 5) is 22.2. The summed E-state index contributed by atoms with van der Waals surface area (Å²) in [6.45, 7) is 1.94. The van der Waals surface area contributed by atoms with Gasteiger partial charge in [0.2, 0.25) is 0 Å². The molecule has 3 atom stereocenters. The summed E-state index contributed by atoms with van der Waals surface area (Å²) >= 11 is 0. The normalized spacial score (nSPS) is 39.6. The second-order valence-electron chi connectivity index (χ2n) is 3.40. The lowest BCUT2D eigenvalue weighted by Gasteiger charge is -2.20. The molecule has 0 saturated carbocycles. The lowest BCUT2D eigenvalue weighted by Crippen LogP contribution is -2.25. The molecule has 3 nitrogen and oxygen atoms in total. The molecular weight excluding hydrogens is 156 g/mol. The van der Waals surface area contributed by atoms with Crippen molar-refractivity contribution in [1.29, 1.82) is 0 Å². The highest BCUT2D eigenvalue weighted by Crippen LogP contribution is 2.36. The SMILES string of the molecule is C[C@H]1C=CC[C@H]2C(=O)OC(=O)[C@H]12. The first-order chi connectivity index (χ1) is 5.70. The number of allylic oxidation sites excluding steroid dienone is 2. The average molecular weight is 166 g/mol. The van der Waals surface area contributed by atoms with Gasteiger partial charge >= 0.3 is 11.9 Å². The van der Waals surface area contributed by atoms with Gasteiger partial charge in [0.05, 0.1) is 11.8 Å². The maximum absolute atomic E-state index is 11.2. The number of esters is 2. The molecule has 0 radical (unpaired) electrons. The quantitative estimate of drug-likeness (QED) is 0.305. The van der Waals surface area contributed by atoms with Crippen LogP contribution in [0.2, 0.25) is 0 Å². The summed E-state index contributed by atoms with van der Waals surface area (Å²) < 4.78 is 4.56.